The van der Waals surface area contributed by atoms with Crippen molar-refractivity contribution in [2.45, 2.75) is 6.92 Å². The second-order valence-electron chi connectivity index (χ2n) is 1.37. The summed E-state index contributed by atoms with van der Waals surface area (Å²) in [4.78, 5) is 0. The molecule has 0 spiro atoms. The predicted molar refractivity (Wildman–Crippen MR) is 30.1 cm³/mol. The van der Waals surface area contributed by atoms with Crippen LogP contribution >= 0.6 is 11.6 Å². The minimum Gasteiger partial charge on any atom is -0.126 e. The molecule has 0 aliphatic rings. The summed E-state index contributed by atoms with van der Waals surface area (Å²) in [6.07, 6.45) is 1.84. The van der Waals surface area contributed by atoms with Crippen LogP contribution in [0.4, 0.5) is 0 Å². The van der Waals surface area contributed by atoms with Gasteiger partial charge in [-0.05, 0) is 5.92 Å². The minimum absolute atomic E-state index is 0.465. The molecule has 1 atom stereocenters. The quantitative estimate of drug-likeness (QED) is 0.372. The lowest BCUT2D eigenvalue weighted by Crippen LogP contribution is -1.86. The van der Waals surface area contributed by atoms with Gasteiger partial charge in [-0.25, -0.2) is 0 Å². The molecule has 0 aromatic heterocycles. The van der Waals surface area contributed by atoms with Gasteiger partial charge in [0, 0.05) is 5.88 Å². The zero-order chi connectivity index (χ0) is 4.99. The topological polar surface area (TPSA) is 0 Å². The van der Waals surface area contributed by atoms with Gasteiger partial charge in [-0.15, -0.1) is 18.2 Å². The molecule has 0 aromatic rings. The van der Waals surface area contributed by atoms with Crippen molar-refractivity contribution in [3.63, 3.8) is 0 Å². The molecule has 0 bridgehead atoms. The lowest BCUT2D eigenvalue weighted by molar-refractivity contribution is 0.844. The van der Waals surface area contributed by atoms with Crippen LogP contribution in [0.25, 0.3) is 0 Å². The number of halogens is 1. The van der Waals surface area contributed by atoms with E-state index in [9.17, 15) is 0 Å². The van der Waals surface area contributed by atoms with Gasteiger partial charge in [0.2, 0.25) is 0 Å². The molecule has 0 amide bonds. The summed E-state index contributed by atoms with van der Waals surface area (Å²) in [5.41, 5.74) is 0. The van der Waals surface area contributed by atoms with Crippen LogP contribution in [0.1, 0.15) is 6.92 Å². The van der Waals surface area contributed by atoms with Crippen LogP contribution in [0.2, 0.25) is 0 Å². The molecule has 1 heteroatoms. The smallest absolute Gasteiger partial charge is 0.0283 e. The van der Waals surface area contributed by atoms with Crippen LogP contribution in [0.3, 0.4) is 0 Å². The molecule has 0 rings (SSSR count). The molecule has 0 aromatic carbocycles. The average Bonchev–Trinajstić information content (AvgIpc) is 1.65. The highest BCUT2D eigenvalue weighted by Crippen LogP contribution is 1.95. The van der Waals surface area contributed by atoms with Crippen molar-refractivity contribution < 1.29 is 0 Å². The van der Waals surface area contributed by atoms with E-state index in [1.807, 2.05) is 13.0 Å². The summed E-state index contributed by atoms with van der Waals surface area (Å²) in [7, 11) is 0. The Balaban J connectivity index is 2.96. The molecule has 0 N–H and O–H groups in total. The molecule has 0 aliphatic carbocycles. The van der Waals surface area contributed by atoms with E-state index in [1.54, 1.807) is 0 Å². The fourth-order valence-electron chi connectivity index (χ4n) is 0.0630. The Morgan fingerprint density at radius 2 is 2.50 bits per heavy atom. The van der Waals surface area contributed by atoms with E-state index in [2.05, 4.69) is 6.58 Å². The van der Waals surface area contributed by atoms with Crippen molar-refractivity contribution in [1.82, 2.24) is 0 Å². The fourth-order valence-corrected chi connectivity index (χ4v) is 0.189. The fraction of sp³-hybridized carbons (Fsp3) is 0.600. The van der Waals surface area contributed by atoms with Crippen LogP contribution in [-0.2, 0) is 0 Å². The van der Waals surface area contributed by atoms with Gasteiger partial charge in [0.05, 0.1) is 0 Å². The lowest BCUT2D eigenvalue weighted by Gasteiger charge is -1.92. The van der Waals surface area contributed by atoms with E-state index >= 15 is 0 Å². The first-order chi connectivity index (χ1) is 2.81. The largest absolute Gasteiger partial charge is 0.126 e. The highest BCUT2D eigenvalue weighted by Gasteiger charge is 1.86. The molecule has 0 nitrogen and oxygen atoms in total. The second kappa shape index (κ2) is 3.23. The number of alkyl halides is 1. The molecule has 36 valence electrons. The number of hydrogen-bond donors (Lipinski definition) is 0. The van der Waals surface area contributed by atoms with Crippen molar-refractivity contribution in [1.29, 1.82) is 0 Å². The Kier molecular flexibility index (Phi) is 3.24. The molecule has 0 saturated carbocycles. The Hall–Kier alpha value is 0.0300. The van der Waals surface area contributed by atoms with Crippen LogP contribution in [0.5, 0.6) is 0 Å². The number of hydrogen-bond acceptors (Lipinski definition) is 0. The van der Waals surface area contributed by atoms with E-state index in [-0.39, 0.29) is 0 Å². The summed E-state index contributed by atoms with van der Waals surface area (Å²) < 4.78 is 0. The van der Waals surface area contributed by atoms with Crippen molar-refractivity contribution in [2.75, 3.05) is 5.88 Å². The maximum atomic E-state index is 5.38. The summed E-state index contributed by atoms with van der Waals surface area (Å²) in [6, 6.07) is 0. The van der Waals surface area contributed by atoms with E-state index < -0.39 is 0 Å². The highest BCUT2D eigenvalue weighted by molar-refractivity contribution is 6.18. The number of rotatable bonds is 2. The Morgan fingerprint density at radius 1 is 2.00 bits per heavy atom. The normalized spacial score (nSPS) is 13.7. The molecule has 0 heterocycles. The Labute approximate surface area is 43.8 Å². The maximum absolute atomic E-state index is 5.38. The molecular formula is C5H9Cl. The average molecular weight is 105 g/mol. The monoisotopic (exact) mass is 104 g/mol. The third-order valence-electron chi connectivity index (χ3n) is 0.646. The summed E-state index contributed by atoms with van der Waals surface area (Å²) in [5, 5.41) is 0. The van der Waals surface area contributed by atoms with Gasteiger partial charge in [-0.2, -0.15) is 0 Å². The van der Waals surface area contributed by atoms with Crippen molar-refractivity contribution in [2.24, 2.45) is 5.92 Å². The zero-order valence-electron chi connectivity index (χ0n) is 3.95. The first-order valence-corrected chi connectivity index (χ1v) is 2.53. The third-order valence-corrected chi connectivity index (χ3v) is 1.13. The lowest BCUT2D eigenvalue weighted by atomic mass is 10.2. The predicted octanol–water partition coefficient (Wildman–Crippen LogP) is 2.05. The van der Waals surface area contributed by atoms with E-state index in [4.69, 9.17) is 11.6 Å². The van der Waals surface area contributed by atoms with E-state index in [0.717, 1.165) is 0 Å². The van der Waals surface area contributed by atoms with Gasteiger partial charge >= 0.3 is 0 Å². The van der Waals surface area contributed by atoms with Crippen molar-refractivity contribution >= 4 is 11.6 Å². The van der Waals surface area contributed by atoms with Gasteiger partial charge in [0.1, 0.15) is 0 Å². The second-order valence-corrected chi connectivity index (χ2v) is 1.68. The first kappa shape index (κ1) is 6.03. The molecule has 6 heavy (non-hydrogen) atoms. The van der Waals surface area contributed by atoms with E-state index in [1.165, 1.54) is 0 Å². The third kappa shape index (κ3) is 2.28. The van der Waals surface area contributed by atoms with Crippen molar-refractivity contribution in [3.05, 3.63) is 12.7 Å². The van der Waals surface area contributed by atoms with Gasteiger partial charge in [0.25, 0.3) is 0 Å². The van der Waals surface area contributed by atoms with Gasteiger partial charge in [0.15, 0.2) is 0 Å². The minimum atomic E-state index is 0.465. The molecule has 0 fully saturated rings. The summed E-state index contributed by atoms with van der Waals surface area (Å²) in [5.74, 6) is 1.15. The highest BCUT2D eigenvalue weighted by atomic mass is 35.5. The van der Waals surface area contributed by atoms with Crippen molar-refractivity contribution in [3.8, 4) is 0 Å². The molecule has 0 aliphatic heterocycles. The maximum Gasteiger partial charge on any atom is 0.0283 e. The van der Waals surface area contributed by atoms with E-state index in [0.29, 0.717) is 11.8 Å². The SMILES string of the molecule is C=C[C@@H](C)CCl. The van der Waals surface area contributed by atoms with Gasteiger partial charge in [-0.3, -0.25) is 0 Å². The van der Waals surface area contributed by atoms with Crippen LogP contribution in [-0.4, -0.2) is 5.88 Å². The van der Waals surface area contributed by atoms with Crippen LogP contribution in [0, 0.1) is 5.92 Å². The standard InChI is InChI=1S/C5H9Cl/c1-3-5(2)4-6/h3,5H,1,4H2,2H3/t5-/m1/s1. The summed E-state index contributed by atoms with van der Waals surface area (Å²) >= 11 is 5.38. The van der Waals surface area contributed by atoms with Gasteiger partial charge < -0.3 is 0 Å². The number of allylic oxidation sites excluding steroid dienone is 1. The molecule has 0 radical (unpaired) electrons. The Morgan fingerprint density at radius 3 is 2.50 bits per heavy atom. The molecular weight excluding hydrogens is 95.5 g/mol. The van der Waals surface area contributed by atoms with Crippen LogP contribution in [0.15, 0.2) is 12.7 Å². The van der Waals surface area contributed by atoms with Gasteiger partial charge in [-0.1, -0.05) is 13.0 Å². The zero-order valence-corrected chi connectivity index (χ0v) is 4.70. The molecule has 0 unspecified atom stereocenters. The molecule has 0 saturated heterocycles. The first-order valence-electron chi connectivity index (χ1n) is 1.99. The summed E-state index contributed by atoms with van der Waals surface area (Å²) in [6.45, 7) is 5.57. The van der Waals surface area contributed by atoms with Crippen LogP contribution < -0.4 is 0 Å². The Bertz CT molecular complexity index is 41.2.